The van der Waals surface area contributed by atoms with Gasteiger partial charge in [-0.2, -0.15) is 0 Å². The number of amides is 1. The maximum atomic E-state index is 12.4. The molecule has 0 radical (unpaired) electrons. The van der Waals surface area contributed by atoms with E-state index in [0.717, 1.165) is 38.7 Å². The zero-order valence-electron chi connectivity index (χ0n) is 14.0. The van der Waals surface area contributed by atoms with Crippen LogP contribution in [-0.4, -0.2) is 21.4 Å². The molecule has 1 aliphatic rings. The number of hydrogen-bond acceptors (Lipinski definition) is 2. The Hall–Kier alpha value is -2.14. The molecule has 1 aliphatic heterocycles. The van der Waals surface area contributed by atoms with Crippen molar-refractivity contribution in [3.8, 4) is 0 Å². The van der Waals surface area contributed by atoms with Gasteiger partial charge in [0.25, 0.3) is 5.91 Å². The summed E-state index contributed by atoms with van der Waals surface area (Å²) >= 11 is 0. The molecule has 23 heavy (non-hydrogen) atoms. The van der Waals surface area contributed by atoms with Crippen LogP contribution in [0.4, 0.5) is 5.69 Å². The van der Waals surface area contributed by atoms with E-state index in [1.807, 2.05) is 39.0 Å². The lowest BCUT2D eigenvalue weighted by Gasteiger charge is -2.08. The van der Waals surface area contributed by atoms with E-state index in [2.05, 4.69) is 17.2 Å². The predicted octanol–water partition coefficient (Wildman–Crippen LogP) is 3.48. The minimum absolute atomic E-state index is 0.119. The Morgan fingerprint density at radius 2 is 1.74 bits per heavy atom. The number of anilines is 1. The topological polar surface area (TPSA) is 62.0 Å². The molecule has 0 aliphatic carbocycles. The number of rotatable bonds is 2. The molecule has 1 amide bonds. The van der Waals surface area contributed by atoms with Gasteiger partial charge in [0.05, 0.1) is 16.4 Å². The first-order chi connectivity index (χ1) is 10.8. The zero-order chi connectivity index (χ0) is 16.9. The highest BCUT2D eigenvalue weighted by Gasteiger charge is 2.28. The van der Waals surface area contributed by atoms with Crippen LogP contribution in [0.25, 0.3) is 11.6 Å². The lowest BCUT2D eigenvalue weighted by Crippen LogP contribution is -2.03. The fourth-order valence-electron chi connectivity index (χ4n) is 3.06. The van der Waals surface area contributed by atoms with E-state index in [4.69, 9.17) is 0 Å². The molecule has 120 valence electrons. The molecule has 2 aromatic rings. The van der Waals surface area contributed by atoms with Gasteiger partial charge in [0.2, 0.25) is 0 Å². The first-order valence-electron chi connectivity index (χ1n) is 7.47. The molecule has 2 N–H and O–H groups in total. The van der Waals surface area contributed by atoms with Crippen LogP contribution in [0.3, 0.4) is 0 Å². The maximum absolute atomic E-state index is 12.4. The van der Waals surface area contributed by atoms with Crippen molar-refractivity contribution in [2.75, 3.05) is 11.6 Å². The van der Waals surface area contributed by atoms with Gasteiger partial charge in [-0.25, -0.2) is 0 Å². The number of carbonyl (C=O) groups is 1. The molecule has 1 unspecified atom stereocenters. The molecule has 0 fully saturated rings. The smallest absolute Gasteiger partial charge is 0.256 e. The van der Waals surface area contributed by atoms with E-state index >= 15 is 0 Å². The van der Waals surface area contributed by atoms with Gasteiger partial charge in [-0.05, 0) is 62.6 Å². The number of hydrogen-bond donors (Lipinski definition) is 2. The van der Waals surface area contributed by atoms with Crippen molar-refractivity contribution in [3.05, 3.63) is 45.8 Å². The second kappa shape index (κ2) is 5.49. The Balaban J connectivity index is 2.22. The van der Waals surface area contributed by atoms with Crippen molar-refractivity contribution in [3.63, 3.8) is 0 Å². The van der Waals surface area contributed by atoms with E-state index in [1.54, 1.807) is 6.26 Å². The minimum atomic E-state index is -1.08. The lowest BCUT2D eigenvalue weighted by atomic mass is 9.99. The molecule has 1 aromatic carbocycles. The summed E-state index contributed by atoms with van der Waals surface area (Å²) in [5, 5.41) is 2.90. The van der Waals surface area contributed by atoms with Crippen molar-refractivity contribution in [2.45, 2.75) is 32.6 Å². The van der Waals surface area contributed by atoms with Crippen molar-refractivity contribution in [1.82, 2.24) is 4.98 Å². The molecule has 4 nitrogen and oxygen atoms in total. The quantitative estimate of drug-likeness (QED) is 0.829. The van der Waals surface area contributed by atoms with E-state index in [-0.39, 0.29) is 5.91 Å². The fourth-order valence-corrected chi connectivity index (χ4v) is 3.85. The standard InChI is InChI=1S/C18H20N2O2S/c1-9-10(2)15(19-12(9)4)8-13-17-11(3)16(23(5)22)7-6-14(17)20-18(13)21/h6-8,19H,1-5H3,(H,20,21). The van der Waals surface area contributed by atoms with Gasteiger partial charge in [0, 0.05) is 33.8 Å². The largest absolute Gasteiger partial charge is 0.359 e. The molecule has 3 rings (SSSR count). The van der Waals surface area contributed by atoms with Crippen LogP contribution in [0.5, 0.6) is 0 Å². The van der Waals surface area contributed by atoms with E-state index in [1.165, 1.54) is 5.56 Å². The first-order valence-corrected chi connectivity index (χ1v) is 9.03. The summed E-state index contributed by atoms with van der Waals surface area (Å²) < 4.78 is 11.9. The molecule has 1 aromatic heterocycles. The first kappa shape index (κ1) is 15.7. The zero-order valence-corrected chi connectivity index (χ0v) is 14.8. The summed E-state index contributed by atoms with van der Waals surface area (Å²) in [5.41, 5.74) is 7.55. The van der Waals surface area contributed by atoms with Crippen LogP contribution in [-0.2, 0) is 15.6 Å². The normalized spacial score (nSPS) is 16.6. The van der Waals surface area contributed by atoms with Crippen LogP contribution in [0, 0.1) is 27.7 Å². The van der Waals surface area contributed by atoms with Gasteiger partial charge in [-0.3, -0.25) is 9.00 Å². The van der Waals surface area contributed by atoms with Crippen LogP contribution >= 0.6 is 0 Å². The van der Waals surface area contributed by atoms with Gasteiger partial charge in [-0.15, -0.1) is 0 Å². The number of aryl methyl sites for hydroxylation is 1. The molecule has 0 saturated carbocycles. The number of aromatic amines is 1. The van der Waals surface area contributed by atoms with Crippen molar-refractivity contribution < 1.29 is 9.00 Å². The summed E-state index contributed by atoms with van der Waals surface area (Å²) in [6.45, 7) is 8.05. The third kappa shape index (κ3) is 2.45. The monoisotopic (exact) mass is 328 g/mol. The molecule has 2 heterocycles. The van der Waals surface area contributed by atoms with Crippen LogP contribution in [0.2, 0.25) is 0 Å². The van der Waals surface area contributed by atoms with Crippen molar-refractivity contribution in [1.29, 1.82) is 0 Å². The van der Waals surface area contributed by atoms with Crippen molar-refractivity contribution >= 4 is 34.0 Å². The van der Waals surface area contributed by atoms with E-state index < -0.39 is 10.8 Å². The number of aromatic nitrogens is 1. The van der Waals surface area contributed by atoms with Gasteiger partial charge in [0.15, 0.2) is 0 Å². The summed E-state index contributed by atoms with van der Waals surface area (Å²) in [5.74, 6) is -0.119. The van der Waals surface area contributed by atoms with Crippen molar-refractivity contribution in [2.24, 2.45) is 0 Å². The Kier molecular flexibility index (Phi) is 3.76. The van der Waals surface area contributed by atoms with E-state index in [9.17, 15) is 9.00 Å². The Morgan fingerprint density at radius 3 is 2.30 bits per heavy atom. The Morgan fingerprint density at radius 1 is 1.04 bits per heavy atom. The molecule has 1 atom stereocenters. The highest BCUT2D eigenvalue weighted by Crippen LogP contribution is 2.38. The average molecular weight is 328 g/mol. The SMILES string of the molecule is Cc1[nH]c(C=C2C(=O)Nc3ccc(S(C)=O)c(C)c32)c(C)c1C. The summed E-state index contributed by atoms with van der Waals surface area (Å²) in [4.78, 5) is 16.5. The lowest BCUT2D eigenvalue weighted by molar-refractivity contribution is -0.110. The summed E-state index contributed by atoms with van der Waals surface area (Å²) in [6.07, 6.45) is 3.55. The third-order valence-electron chi connectivity index (χ3n) is 4.63. The Bertz CT molecular complexity index is 891. The van der Waals surface area contributed by atoms with Crippen LogP contribution < -0.4 is 5.32 Å². The summed E-state index contributed by atoms with van der Waals surface area (Å²) in [7, 11) is -1.08. The minimum Gasteiger partial charge on any atom is -0.359 e. The maximum Gasteiger partial charge on any atom is 0.256 e. The third-order valence-corrected chi connectivity index (χ3v) is 5.69. The van der Waals surface area contributed by atoms with Crippen LogP contribution in [0.1, 0.15) is 33.6 Å². The number of carbonyl (C=O) groups excluding carboxylic acids is 1. The molecule has 0 spiro atoms. The van der Waals surface area contributed by atoms with Gasteiger partial charge in [-0.1, -0.05) is 0 Å². The predicted molar refractivity (Wildman–Crippen MR) is 95.0 cm³/mol. The highest BCUT2D eigenvalue weighted by atomic mass is 32.2. The molecular formula is C18H20N2O2S. The van der Waals surface area contributed by atoms with Crippen LogP contribution in [0.15, 0.2) is 17.0 Å². The second-order valence-corrected chi connectivity index (χ2v) is 7.34. The number of nitrogens with one attached hydrogen (secondary N) is 2. The van der Waals surface area contributed by atoms with E-state index in [0.29, 0.717) is 5.57 Å². The molecule has 5 heteroatoms. The molecule has 0 bridgehead atoms. The number of H-pyrrole nitrogens is 1. The average Bonchev–Trinajstić information content (AvgIpc) is 2.92. The Labute approximate surface area is 138 Å². The molecular weight excluding hydrogens is 308 g/mol. The number of fused-ring (bicyclic) bond motifs is 1. The van der Waals surface area contributed by atoms with Gasteiger partial charge in [0.1, 0.15) is 0 Å². The fraction of sp³-hybridized carbons (Fsp3) is 0.278. The number of benzene rings is 1. The van der Waals surface area contributed by atoms with Gasteiger partial charge >= 0.3 is 0 Å². The molecule has 0 saturated heterocycles. The second-order valence-electron chi connectivity index (χ2n) is 5.99. The van der Waals surface area contributed by atoms with Gasteiger partial charge < -0.3 is 10.3 Å². The summed E-state index contributed by atoms with van der Waals surface area (Å²) in [6, 6.07) is 3.65. The highest BCUT2D eigenvalue weighted by molar-refractivity contribution is 7.84.